The molecule has 1 aromatic carbocycles. The number of para-hydroxylation sites is 1. The molecule has 0 unspecified atom stereocenters. The van der Waals surface area contributed by atoms with Gasteiger partial charge in [0.2, 0.25) is 5.09 Å². The van der Waals surface area contributed by atoms with Gasteiger partial charge in [0, 0.05) is 31.9 Å². The number of benzene rings is 1. The topological polar surface area (TPSA) is 96.8 Å². The van der Waals surface area contributed by atoms with E-state index >= 15 is 0 Å². The normalized spacial score (nSPS) is 15.7. The number of rotatable bonds is 3. The Morgan fingerprint density at radius 2 is 1.65 bits per heavy atom. The molecule has 1 aliphatic rings. The van der Waals surface area contributed by atoms with Gasteiger partial charge in [-0.15, -0.1) is 0 Å². The van der Waals surface area contributed by atoms with Gasteiger partial charge in [-0.3, -0.25) is 4.79 Å². The molecule has 0 atom stereocenters. The number of anilines is 1. The molecule has 122 valence electrons. The van der Waals surface area contributed by atoms with Crippen molar-refractivity contribution in [3.63, 3.8) is 0 Å². The largest absolute Gasteiger partial charge is 0.438 e. The minimum atomic E-state index is -3.94. The van der Waals surface area contributed by atoms with E-state index in [4.69, 9.17) is 9.56 Å². The molecule has 23 heavy (non-hydrogen) atoms. The van der Waals surface area contributed by atoms with Gasteiger partial charge in [-0.2, -0.15) is 0 Å². The molecule has 0 radical (unpaired) electrons. The highest BCUT2D eigenvalue weighted by Gasteiger charge is 2.25. The number of nitrogens with two attached hydrogens (primary N) is 1. The molecule has 1 aromatic heterocycles. The molecule has 3 rings (SSSR count). The number of sulfonamides is 1. The number of piperazine rings is 1. The van der Waals surface area contributed by atoms with E-state index in [2.05, 4.69) is 4.90 Å². The van der Waals surface area contributed by atoms with Crippen LogP contribution in [0.2, 0.25) is 0 Å². The minimum Gasteiger partial charge on any atom is -0.438 e. The van der Waals surface area contributed by atoms with E-state index in [0.717, 1.165) is 5.69 Å². The lowest BCUT2D eigenvalue weighted by Gasteiger charge is -2.35. The second-order valence-electron chi connectivity index (χ2n) is 5.28. The van der Waals surface area contributed by atoms with Crippen molar-refractivity contribution in [3.05, 3.63) is 48.2 Å². The van der Waals surface area contributed by atoms with Crippen molar-refractivity contribution < 1.29 is 17.6 Å². The Balaban J connectivity index is 1.66. The predicted octanol–water partition coefficient (Wildman–Crippen LogP) is 0.889. The number of hydrogen-bond donors (Lipinski definition) is 1. The molecule has 1 aliphatic heterocycles. The van der Waals surface area contributed by atoms with Crippen LogP contribution >= 0.6 is 0 Å². The van der Waals surface area contributed by atoms with Gasteiger partial charge in [0.15, 0.2) is 5.76 Å². The quantitative estimate of drug-likeness (QED) is 0.898. The molecule has 2 N–H and O–H groups in total. The lowest BCUT2D eigenvalue weighted by atomic mass is 10.2. The molecule has 1 fully saturated rings. The van der Waals surface area contributed by atoms with E-state index < -0.39 is 15.1 Å². The fraction of sp³-hybridized carbons (Fsp3) is 0.267. The molecule has 7 nitrogen and oxygen atoms in total. The number of nitrogens with zero attached hydrogens (tertiary/aromatic N) is 2. The van der Waals surface area contributed by atoms with E-state index in [0.29, 0.717) is 26.2 Å². The monoisotopic (exact) mass is 335 g/mol. The summed E-state index contributed by atoms with van der Waals surface area (Å²) in [7, 11) is -3.94. The van der Waals surface area contributed by atoms with Crippen LogP contribution in [-0.2, 0) is 10.0 Å². The number of primary sulfonamides is 1. The predicted molar refractivity (Wildman–Crippen MR) is 84.6 cm³/mol. The average molecular weight is 335 g/mol. The SMILES string of the molecule is NS(=O)(=O)c1ccc(C(=O)N2CCN(c3ccccc3)CC2)o1. The average Bonchev–Trinajstić information content (AvgIpc) is 3.05. The van der Waals surface area contributed by atoms with Crippen LogP contribution in [0.4, 0.5) is 5.69 Å². The van der Waals surface area contributed by atoms with Crippen molar-refractivity contribution in [3.8, 4) is 0 Å². The van der Waals surface area contributed by atoms with Gasteiger partial charge in [0.05, 0.1) is 0 Å². The maximum atomic E-state index is 12.4. The van der Waals surface area contributed by atoms with Gasteiger partial charge in [-0.05, 0) is 24.3 Å². The molecule has 0 saturated carbocycles. The highest BCUT2D eigenvalue weighted by atomic mass is 32.2. The third-order valence-corrected chi connectivity index (χ3v) is 4.54. The number of carbonyl (C=O) groups is 1. The highest BCUT2D eigenvalue weighted by molar-refractivity contribution is 7.89. The molecule has 1 saturated heterocycles. The number of furan rings is 1. The van der Waals surface area contributed by atoms with E-state index in [1.54, 1.807) is 4.90 Å². The highest BCUT2D eigenvalue weighted by Crippen LogP contribution is 2.18. The van der Waals surface area contributed by atoms with Gasteiger partial charge >= 0.3 is 0 Å². The van der Waals surface area contributed by atoms with Gasteiger partial charge in [0.25, 0.3) is 15.9 Å². The lowest BCUT2D eigenvalue weighted by Crippen LogP contribution is -2.48. The second-order valence-corrected chi connectivity index (χ2v) is 6.77. The zero-order chi connectivity index (χ0) is 16.4. The van der Waals surface area contributed by atoms with E-state index in [-0.39, 0.29) is 11.7 Å². The molecule has 1 amide bonds. The summed E-state index contributed by atoms with van der Waals surface area (Å²) in [5.74, 6) is -0.338. The van der Waals surface area contributed by atoms with E-state index in [9.17, 15) is 13.2 Å². The van der Waals surface area contributed by atoms with Crippen LogP contribution in [0.3, 0.4) is 0 Å². The van der Waals surface area contributed by atoms with Crippen molar-refractivity contribution in [2.75, 3.05) is 31.1 Å². The molecule has 0 spiro atoms. The molecular weight excluding hydrogens is 318 g/mol. The molecule has 2 aromatic rings. The van der Waals surface area contributed by atoms with Crippen LogP contribution < -0.4 is 10.0 Å². The van der Waals surface area contributed by atoms with Gasteiger partial charge in [-0.25, -0.2) is 13.6 Å². The molecule has 8 heteroatoms. The molecule has 0 bridgehead atoms. The number of carbonyl (C=O) groups excluding carboxylic acids is 1. The fourth-order valence-corrected chi connectivity index (χ4v) is 3.01. The van der Waals surface area contributed by atoms with E-state index in [1.807, 2.05) is 30.3 Å². The Morgan fingerprint density at radius 1 is 1.00 bits per heavy atom. The Bertz CT molecular complexity index is 793. The van der Waals surface area contributed by atoms with Gasteiger partial charge in [0.1, 0.15) is 0 Å². The summed E-state index contributed by atoms with van der Waals surface area (Å²) in [6.07, 6.45) is 0. The van der Waals surface area contributed by atoms with Crippen LogP contribution in [0, 0.1) is 0 Å². The first kappa shape index (κ1) is 15.6. The molecular formula is C15H17N3O4S. The third kappa shape index (κ3) is 3.38. The summed E-state index contributed by atoms with van der Waals surface area (Å²) in [6, 6.07) is 12.5. The summed E-state index contributed by atoms with van der Waals surface area (Å²) in [5.41, 5.74) is 1.12. The van der Waals surface area contributed by atoms with E-state index in [1.165, 1.54) is 12.1 Å². The van der Waals surface area contributed by atoms with Crippen LogP contribution in [0.15, 0.2) is 52.0 Å². The maximum Gasteiger partial charge on any atom is 0.289 e. The summed E-state index contributed by atoms with van der Waals surface area (Å²) in [4.78, 5) is 16.2. The summed E-state index contributed by atoms with van der Waals surface area (Å²) < 4.78 is 27.5. The van der Waals surface area contributed by atoms with Crippen molar-refractivity contribution in [1.29, 1.82) is 0 Å². The van der Waals surface area contributed by atoms with Crippen molar-refractivity contribution in [1.82, 2.24) is 4.90 Å². The van der Waals surface area contributed by atoms with Crippen LogP contribution in [-0.4, -0.2) is 45.4 Å². The van der Waals surface area contributed by atoms with Gasteiger partial charge in [-0.1, -0.05) is 18.2 Å². The minimum absolute atomic E-state index is 0.0119. The second kappa shape index (κ2) is 6.05. The Hall–Kier alpha value is -2.32. The van der Waals surface area contributed by atoms with Crippen molar-refractivity contribution in [2.24, 2.45) is 5.14 Å². The van der Waals surface area contributed by atoms with Crippen LogP contribution in [0.1, 0.15) is 10.6 Å². The zero-order valence-corrected chi connectivity index (χ0v) is 13.2. The first-order valence-corrected chi connectivity index (χ1v) is 8.72. The third-order valence-electron chi connectivity index (χ3n) is 3.76. The summed E-state index contributed by atoms with van der Waals surface area (Å²) in [6.45, 7) is 2.50. The standard InChI is InChI=1S/C15H17N3O4S/c16-23(20,21)14-7-6-13(22-14)15(19)18-10-8-17(9-11-18)12-4-2-1-3-5-12/h1-7H,8-11H2,(H2,16,20,21). The first-order valence-electron chi connectivity index (χ1n) is 7.17. The number of amides is 1. The Kier molecular flexibility index (Phi) is 4.10. The summed E-state index contributed by atoms with van der Waals surface area (Å²) in [5, 5.41) is 4.58. The van der Waals surface area contributed by atoms with Crippen molar-refractivity contribution in [2.45, 2.75) is 5.09 Å². The van der Waals surface area contributed by atoms with Crippen LogP contribution in [0.25, 0.3) is 0 Å². The summed E-state index contributed by atoms with van der Waals surface area (Å²) >= 11 is 0. The van der Waals surface area contributed by atoms with Crippen molar-refractivity contribution >= 4 is 21.6 Å². The number of hydrogen-bond acceptors (Lipinski definition) is 5. The Labute approximate surface area is 134 Å². The van der Waals surface area contributed by atoms with Gasteiger partial charge < -0.3 is 14.2 Å². The smallest absolute Gasteiger partial charge is 0.289 e. The van der Waals surface area contributed by atoms with Crippen LogP contribution in [0.5, 0.6) is 0 Å². The zero-order valence-electron chi connectivity index (χ0n) is 12.4. The fourth-order valence-electron chi connectivity index (χ4n) is 2.55. The molecule has 2 heterocycles. The maximum absolute atomic E-state index is 12.4. The first-order chi connectivity index (χ1) is 10.9. The molecule has 0 aliphatic carbocycles. The lowest BCUT2D eigenvalue weighted by molar-refractivity contribution is 0.0709. The Morgan fingerprint density at radius 3 is 2.22 bits per heavy atom.